The Morgan fingerprint density at radius 3 is 2.11 bits per heavy atom. The van der Waals surface area contributed by atoms with Crippen LogP contribution in [0.2, 0.25) is 0 Å². The second-order valence-electron chi connectivity index (χ2n) is 7.87. The molecule has 0 aliphatic carbocycles. The highest BCUT2D eigenvalue weighted by Gasteiger charge is 2.30. The van der Waals surface area contributed by atoms with Gasteiger partial charge in [0.2, 0.25) is 17.7 Å². The first-order valence-electron chi connectivity index (χ1n) is 11.1. The van der Waals surface area contributed by atoms with E-state index < -0.39 is 89.2 Å². The van der Waals surface area contributed by atoms with Gasteiger partial charge in [-0.1, -0.05) is 0 Å². The maximum Gasteiger partial charge on any atom is 0.303 e. The van der Waals surface area contributed by atoms with Crippen LogP contribution in [0.15, 0.2) is 18.2 Å². The summed E-state index contributed by atoms with van der Waals surface area (Å²) in [7, 11) is 0. The van der Waals surface area contributed by atoms with Crippen LogP contribution < -0.4 is 27.4 Å². The molecule has 4 amide bonds. The van der Waals surface area contributed by atoms with Crippen molar-refractivity contribution in [3.63, 3.8) is 0 Å². The van der Waals surface area contributed by atoms with Crippen LogP contribution in [0.3, 0.4) is 0 Å². The summed E-state index contributed by atoms with van der Waals surface area (Å²) in [4.78, 5) is 70.7. The topological polar surface area (TPSA) is 257 Å². The number of rotatable bonds is 16. The highest BCUT2D eigenvalue weighted by molar-refractivity contribution is 5.99. The molecule has 1 rings (SSSR count). The number of hydrogen-bond donors (Lipinski definition) is 7. The molecule has 15 nitrogen and oxygen atoms in total. The van der Waals surface area contributed by atoms with Gasteiger partial charge in [0.25, 0.3) is 11.6 Å². The second kappa shape index (κ2) is 15.0. The van der Waals surface area contributed by atoms with Crippen molar-refractivity contribution >= 4 is 35.3 Å². The Labute approximate surface area is 209 Å². The minimum atomic E-state index is -1.59. The van der Waals surface area contributed by atoms with E-state index in [9.17, 15) is 43.6 Å². The average Bonchev–Trinajstić information content (AvgIpc) is 2.83. The number of aliphatic carboxylic acids is 1. The van der Waals surface area contributed by atoms with E-state index in [1.807, 2.05) is 0 Å². The SMILES string of the molecule is NCCCCC(NC(=O)C(CCC(=O)O)NC(=O)c1cc([N+](=O)[O-])ccc1F)C(=O)NC(CO)C(N)=O. The molecule has 3 atom stereocenters. The molecular formula is C21H29FN6O9. The van der Waals surface area contributed by atoms with Crippen LogP contribution in [0, 0.1) is 15.9 Å². The summed E-state index contributed by atoms with van der Waals surface area (Å²) < 4.78 is 14.2. The number of nitrogens with zero attached hydrogens (tertiary/aromatic N) is 1. The number of hydrogen-bond acceptors (Lipinski definition) is 9. The maximum absolute atomic E-state index is 14.2. The molecule has 0 bridgehead atoms. The smallest absolute Gasteiger partial charge is 0.303 e. The van der Waals surface area contributed by atoms with Gasteiger partial charge in [0, 0.05) is 18.6 Å². The Balaban J connectivity index is 3.15. The molecule has 0 aliphatic rings. The number of unbranched alkanes of at least 4 members (excludes halogenated alkanes) is 1. The van der Waals surface area contributed by atoms with E-state index in [2.05, 4.69) is 16.0 Å². The van der Waals surface area contributed by atoms with E-state index in [1.54, 1.807) is 0 Å². The molecule has 0 aliphatic heterocycles. The predicted molar refractivity (Wildman–Crippen MR) is 124 cm³/mol. The first kappa shape index (κ1) is 30.9. The van der Waals surface area contributed by atoms with Crippen LogP contribution in [-0.2, 0) is 19.2 Å². The average molecular weight is 528 g/mol. The van der Waals surface area contributed by atoms with Gasteiger partial charge >= 0.3 is 5.97 Å². The number of carboxylic acids is 1. The number of amides is 4. The van der Waals surface area contributed by atoms with Crippen molar-refractivity contribution in [2.24, 2.45) is 11.5 Å². The van der Waals surface area contributed by atoms with E-state index in [-0.39, 0.29) is 13.0 Å². The van der Waals surface area contributed by atoms with Crippen LogP contribution >= 0.6 is 0 Å². The summed E-state index contributed by atoms with van der Waals surface area (Å²) in [6.07, 6.45) is -0.246. The molecule has 3 unspecified atom stereocenters. The van der Waals surface area contributed by atoms with Gasteiger partial charge < -0.3 is 37.6 Å². The standard InChI is InChI=1S/C21H29FN6O9/c22-13-5-4-11(28(36)37)9-12(13)19(33)25-15(6-7-17(30)31)21(35)26-14(3-1-2-8-23)20(34)27-16(10-29)18(24)32/h4-5,9,14-16,29H,1-3,6-8,10,23H2,(H2,24,32)(H,25,33)(H,26,35)(H,27,34)(H,30,31). The highest BCUT2D eigenvalue weighted by atomic mass is 19.1. The Morgan fingerprint density at radius 2 is 1.59 bits per heavy atom. The normalized spacial score (nSPS) is 13.1. The third kappa shape index (κ3) is 10.1. The minimum Gasteiger partial charge on any atom is -0.481 e. The molecular weight excluding hydrogens is 499 g/mol. The number of non-ortho nitro benzene ring substituents is 1. The number of aliphatic hydroxyl groups is 1. The number of primary amides is 1. The Bertz CT molecular complexity index is 1020. The fourth-order valence-corrected chi connectivity index (χ4v) is 3.09. The first-order valence-corrected chi connectivity index (χ1v) is 11.1. The summed E-state index contributed by atoms with van der Waals surface area (Å²) in [5.74, 6) is -6.62. The van der Waals surface area contributed by atoms with Crippen LogP contribution in [0.5, 0.6) is 0 Å². The van der Waals surface area contributed by atoms with Gasteiger partial charge in [-0.3, -0.25) is 34.1 Å². The highest BCUT2D eigenvalue weighted by Crippen LogP contribution is 2.17. The largest absolute Gasteiger partial charge is 0.481 e. The number of carboxylic acid groups (broad SMARTS) is 1. The third-order valence-electron chi connectivity index (χ3n) is 5.10. The quantitative estimate of drug-likeness (QED) is 0.0724. The van der Waals surface area contributed by atoms with E-state index in [4.69, 9.17) is 16.6 Å². The number of nitro benzene ring substituents is 1. The van der Waals surface area contributed by atoms with Crippen LogP contribution in [0.4, 0.5) is 10.1 Å². The maximum atomic E-state index is 14.2. The molecule has 1 aromatic rings. The number of halogens is 1. The summed E-state index contributed by atoms with van der Waals surface area (Å²) in [5, 5.41) is 35.8. The Kier molecular flexibility index (Phi) is 12.5. The lowest BCUT2D eigenvalue weighted by Gasteiger charge is -2.24. The molecule has 0 saturated carbocycles. The van der Waals surface area contributed by atoms with Gasteiger partial charge in [-0.25, -0.2) is 4.39 Å². The number of nitrogens with one attached hydrogen (secondary N) is 3. The molecule has 0 aromatic heterocycles. The van der Waals surface area contributed by atoms with Crippen molar-refractivity contribution in [2.75, 3.05) is 13.2 Å². The zero-order valence-electron chi connectivity index (χ0n) is 19.6. The zero-order valence-corrected chi connectivity index (χ0v) is 19.6. The number of aliphatic hydroxyl groups excluding tert-OH is 1. The van der Waals surface area contributed by atoms with Crippen molar-refractivity contribution in [2.45, 2.75) is 50.2 Å². The molecule has 37 heavy (non-hydrogen) atoms. The third-order valence-corrected chi connectivity index (χ3v) is 5.10. The number of carbonyl (C=O) groups is 5. The van der Waals surface area contributed by atoms with E-state index in [1.165, 1.54) is 0 Å². The van der Waals surface area contributed by atoms with Crippen molar-refractivity contribution in [3.05, 3.63) is 39.7 Å². The molecule has 0 saturated heterocycles. The molecule has 9 N–H and O–H groups in total. The molecule has 0 radical (unpaired) electrons. The van der Waals surface area contributed by atoms with Gasteiger partial charge in [-0.15, -0.1) is 0 Å². The van der Waals surface area contributed by atoms with Crippen LogP contribution in [-0.4, -0.2) is 76.0 Å². The van der Waals surface area contributed by atoms with Crippen LogP contribution in [0.1, 0.15) is 42.5 Å². The van der Waals surface area contributed by atoms with Gasteiger partial charge in [0.1, 0.15) is 23.9 Å². The zero-order chi connectivity index (χ0) is 28.1. The molecule has 0 heterocycles. The fraction of sp³-hybridized carbons (Fsp3) is 0.476. The van der Waals surface area contributed by atoms with Crippen molar-refractivity contribution in [1.82, 2.24) is 16.0 Å². The molecule has 1 aromatic carbocycles. The van der Waals surface area contributed by atoms with Crippen LogP contribution in [0.25, 0.3) is 0 Å². The summed E-state index contributed by atoms with van der Waals surface area (Å²) >= 11 is 0. The lowest BCUT2D eigenvalue weighted by Crippen LogP contribution is -2.57. The summed E-state index contributed by atoms with van der Waals surface area (Å²) in [6.45, 7) is -0.536. The first-order chi connectivity index (χ1) is 17.4. The molecule has 0 fully saturated rings. The second-order valence-corrected chi connectivity index (χ2v) is 7.87. The molecule has 16 heteroatoms. The minimum absolute atomic E-state index is 0.0186. The van der Waals surface area contributed by atoms with Crippen molar-refractivity contribution in [1.29, 1.82) is 0 Å². The number of nitrogens with two attached hydrogens (primary N) is 2. The Morgan fingerprint density at radius 1 is 1.00 bits per heavy atom. The van der Waals surface area contributed by atoms with Crippen molar-refractivity contribution < 1.29 is 43.5 Å². The fourth-order valence-electron chi connectivity index (χ4n) is 3.09. The van der Waals surface area contributed by atoms with Gasteiger partial charge in [-0.05, 0) is 38.3 Å². The number of carbonyl (C=O) groups excluding carboxylic acids is 4. The monoisotopic (exact) mass is 528 g/mol. The van der Waals surface area contributed by atoms with E-state index in [0.717, 1.165) is 6.07 Å². The molecule has 204 valence electrons. The van der Waals surface area contributed by atoms with Gasteiger partial charge in [-0.2, -0.15) is 0 Å². The van der Waals surface area contributed by atoms with Gasteiger partial charge in [0.15, 0.2) is 0 Å². The summed E-state index contributed by atoms with van der Waals surface area (Å²) in [5.41, 5.74) is 9.18. The van der Waals surface area contributed by atoms with E-state index >= 15 is 0 Å². The molecule has 0 spiro atoms. The lowest BCUT2D eigenvalue weighted by atomic mass is 10.1. The van der Waals surface area contributed by atoms with Gasteiger partial charge in [0.05, 0.1) is 17.1 Å². The summed E-state index contributed by atoms with van der Waals surface area (Å²) in [6, 6.07) is -2.16. The number of benzene rings is 1. The lowest BCUT2D eigenvalue weighted by molar-refractivity contribution is -0.384. The predicted octanol–water partition coefficient (Wildman–Crippen LogP) is -1.73. The number of nitro groups is 1. The van der Waals surface area contributed by atoms with Crippen molar-refractivity contribution in [3.8, 4) is 0 Å². The van der Waals surface area contributed by atoms with E-state index in [0.29, 0.717) is 25.0 Å². The Hall–Kier alpha value is -4.18.